The Kier molecular flexibility index (Phi) is 3.53. The Labute approximate surface area is 94.5 Å². The molecule has 1 aliphatic rings. The van der Waals surface area contributed by atoms with Crippen LogP contribution in [-0.2, 0) is 0 Å². The minimum Gasteiger partial charge on any atom is -0.346 e. The van der Waals surface area contributed by atoms with Crippen LogP contribution >= 0.6 is 11.3 Å². The second-order valence-corrected chi connectivity index (χ2v) is 4.99. The molecule has 0 amide bonds. The lowest BCUT2D eigenvalue weighted by Crippen LogP contribution is -2.43. The van der Waals surface area contributed by atoms with Gasteiger partial charge in [-0.15, -0.1) is 10.2 Å². The van der Waals surface area contributed by atoms with Gasteiger partial charge in [0.05, 0.1) is 0 Å². The SMILES string of the molecule is CN(c1nncs1)C1CCCCC1CN. The van der Waals surface area contributed by atoms with Gasteiger partial charge in [0.25, 0.3) is 0 Å². The highest BCUT2D eigenvalue weighted by Crippen LogP contribution is 2.30. The lowest BCUT2D eigenvalue weighted by atomic mass is 9.84. The second-order valence-electron chi connectivity index (χ2n) is 4.18. The number of hydrogen-bond acceptors (Lipinski definition) is 5. The summed E-state index contributed by atoms with van der Waals surface area (Å²) in [7, 11) is 2.11. The Morgan fingerprint density at radius 2 is 2.33 bits per heavy atom. The molecule has 84 valence electrons. The van der Waals surface area contributed by atoms with Crippen LogP contribution in [0.3, 0.4) is 0 Å². The first-order valence-corrected chi connectivity index (χ1v) is 6.40. The van der Waals surface area contributed by atoms with Gasteiger partial charge in [-0.3, -0.25) is 0 Å². The van der Waals surface area contributed by atoms with Crippen molar-refractivity contribution in [3.63, 3.8) is 0 Å². The highest BCUT2D eigenvalue weighted by molar-refractivity contribution is 7.13. The van der Waals surface area contributed by atoms with Crippen LogP contribution in [0.2, 0.25) is 0 Å². The molecule has 1 saturated carbocycles. The summed E-state index contributed by atoms with van der Waals surface area (Å²) in [5, 5.41) is 9.01. The fourth-order valence-corrected chi connectivity index (χ4v) is 3.02. The molecular formula is C10H18N4S. The number of aromatic nitrogens is 2. The third kappa shape index (κ3) is 2.29. The molecular weight excluding hydrogens is 208 g/mol. The van der Waals surface area contributed by atoms with Crippen LogP contribution < -0.4 is 10.6 Å². The maximum absolute atomic E-state index is 5.83. The van der Waals surface area contributed by atoms with E-state index in [2.05, 4.69) is 22.1 Å². The molecule has 1 aromatic heterocycles. The third-order valence-corrected chi connectivity index (χ3v) is 4.10. The molecule has 5 heteroatoms. The van der Waals surface area contributed by atoms with Gasteiger partial charge in [-0.05, 0) is 25.3 Å². The molecule has 0 aliphatic heterocycles. The van der Waals surface area contributed by atoms with Crippen molar-refractivity contribution in [2.75, 3.05) is 18.5 Å². The molecule has 0 bridgehead atoms. The zero-order chi connectivity index (χ0) is 10.7. The predicted molar refractivity (Wildman–Crippen MR) is 63.1 cm³/mol. The van der Waals surface area contributed by atoms with Gasteiger partial charge in [-0.2, -0.15) is 0 Å². The number of hydrogen-bond donors (Lipinski definition) is 1. The summed E-state index contributed by atoms with van der Waals surface area (Å²) in [6, 6.07) is 0.552. The van der Waals surface area contributed by atoms with Gasteiger partial charge in [0.15, 0.2) is 0 Å². The van der Waals surface area contributed by atoms with E-state index in [9.17, 15) is 0 Å². The van der Waals surface area contributed by atoms with Crippen molar-refractivity contribution in [3.8, 4) is 0 Å². The first-order chi connectivity index (χ1) is 7.33. The lowest BCUT2D eigenvalue weighted by molar-refractivity contribution is 0.306. The molecule has 15 heavy (non-hydrogen) atoms. The topological polar surface area (TPSA) is 55.0 Å². The molecule has 2 atom stereocenters. The maximum Gasteiger partial charge on any atom is 0.208 e. The minimum atomic E-state index is 0.552. The normalized spacial score (nSPS) is 26.5. The summed E-state index contributed by atoms with van der Waals surface area (Å²) in [6.45, 7) is 0.786. The first-order valence-electron chi connectivity index (χ1n) is 5.52. The van der Waals surface area contributed by atoms with Crippen molar-refractivity contribution in [1.29, 1.82) is 0 Å². The van der Waals surface area contributed by atoms with Crippen LogP contribution in [0.15, 0.2) is 5.51 Å². The van der Waals surface area contributed by atoms with Crippen LogP contribution in [0.5, 0.6) is 0 Å². The molecule has 1 fully saturated rings. The summed E-state index contributed by atoms with van der Waals surface area (Å²) < 4.78 is 0. The van der Waals surface area contributed by atoms with Gasteiger partial charge >= 0.3 is 0 Å². The lowest BCUT2D eigenvalue weighted by Gasteiger charge is -2.37. The van der Waals surface area contributed by atoms with E-state index in [1.165, 1.54) is 25.7 Å². The smallest absolute Gasteiger partial charge is 0.208 e. The van der Waals surface area contributed by atoms with E-state index >= 15 is 0 Å². The second kappa shape index (κ2) is 4.90. The van der Waals surface area contributed by atoms with Crippen molar-refractivity contribution in [2.24, 2.45) is 11.7 Å². The number of rotatable bonds is 3. The van der Waals surface area contributed by atoms with Crippen LogP contribution in [-0.4, -0.2) is 29.8 Å². The largest absolute Gasteiger partial charge is 0.346 e. The summed E-state index contributed by atoms with van der Waals surface area (Å²) in [4.78, 5) is 2.26. The summed E-state index contributed by atoms with van der Waals surface area (Å²) in [6.07, 6.45) is 5.12. The van der Waals surface area contributed by atoms with Gasteiger partial charge < -0.3 is 10.6 Å². The van der Waals surface area contributed by atoms with E-state index in [0.717, 1.165) is 11.7 Å². The maximum atomic E-state index is 5.83. The predicted octanol–water partition coefficient (Wildman–Crippen LogP) is 1.49. The molecule has 2 rings (SSSR count). The Morgan fingerprint density at radius 3 is 3.00 bits per heavy atom. The number of anilines is 1. The van der Waals surface area contributed by atoms with E-state index in [-0.39, 0.29) is 0 Å². The fourth-order valence-electron chi connectivity index (χ4n) is 2.44. The Bertz CT molecular complexity index is 288. The van der Waals surface area contributed by atoms with Gasteiger partial charge in [0.1, 0.15) is 5.51 Å². The highest BCUT2D eigenvalue weighted by Gasteiger charge is 2.28. The third-order valence-electron chi connectivity index (χ3n) is 3.32. The zero-order valence-electron chi connectivity index (χ0n) is 9.09. The Hall–Kier alpha value is -0.680. The molecule has 0 aromatic carbocycles. The van der Waals surface area contributed by atoms with Crippen molar-refractivity contribution in [3.05, 3.63) is 5.51 Å². The average molecular weight is 226 g/mol. The van der Waals surface area contributed by atoms with E-state index < -0.39 is 0 Å². The molecule has 2 N–H and O–H groups in total. The average Bonchev–Trinajstić information content (AvgIpc) is 2.81. The van der Waals surface area contributed by atoms with Crippen LogP contribution in [0.25, 0.3) is 0 Å². The quantitative estimate of drug-likeness (QED) is 0.848. The molecule has 0 radical (unpaired) electrons. The van der Waals surface area contributed by atoms with Crippen LogP contribution in [0.1, 0.15) is 25.7 Å². The van der Waals surface area contributed by atoms with Crippen molar-refractivity contribution >= 4 is 16.5 Å². The molecule has 0 spiro atoms. The molecule has 1 heterocycles. The molecule has 1 aromatic rings. The number of nitrogens with zero attached hydrogens (tertiary/aromatic N) is 3. The zero-order valence-corrected chi connectivity index (χ0v) is 9.91. The highest BCUT2D eigenvalue weighted by atomic mass is 32.1. The molecule has 2 unspecified atom stereocenters. The Morgan fingerprint density at radius 1 is 1.53 bits per heavy atom. The summed E-state index contributed by atoms with van der Waals surface area (Å²) in [5.74, 6) is 0.618. The standard InChI is InChI=1S/C10H18N4S/c1-14(10-13-12-7-15-10)9-5-3-2-4-8(9)6-11/h7-9H,2-6,11H2,1H3. The molecule has 4 nitrogen and oxygen atoms in total. The van der Waals surface area contributed by atoms with Gasteiger partial charge in [0, 0.05) is 13.1 Å². The van der Waals surface area contributed by atoms with E-state index in [1.54, 1.807) is 16.8 Å². The molecule has 1 aliphatic carbocycles. The van der Waals surface area contributed by atoms with Crippen molar-refractivity contribution in [2.45, 2.75) is 31.7 Å². The van der Waals surface area contributed by atoms with E-state index in [1.807, 2.05) is 0 Å². The van der Waals surface area contributed by atoms with Gasteiger partial charge in [-0.25, -0.2) is 0 Å². The van der Waals surface area contributed by atoms with Gasteiger partial charge in [-0.1, -0.05) is 24.2 Å². The van der Waals surface area contributed by atoms with Crippen LogP contribution in [0.4, 0.5) is 5.13 Å². The summed E-state index contributed by atoms with van der Waals surface area (Å²) in [5.41, 5.74) is 7.61. The first kappa shape index (κ1) is 10.8. The minimum absolute atomic E-state index is 0.552. The van der Waals surface area contributed by atoms with Crippen molar-refractivity contribution < 1.29 is 0 Å². The number of nitrogens with two attached hydrogens (primary N) is 1. The summed E-state index contributed by atoms with van der Waals surface area (Å²) >= 11 is 1.60. The van der Waals surface area contributed by atoms with E-state index in [0.29, 0.717) is 12.0 Å². The van der Waals surface area contributed by atoms with Gasteiger partial charge in [0.2, 0.25) is 5.13 Å². The van der Waals surface area contributed by atoms with Crippen LogP contribution in [0, 0.1) is 5.92 Å². The fraction of sp³-hybridized carbons (Fsp3) is 0.800. The molecule has 0 saturated heterocycles. The monoisotopic (exact) mass is 226 g/mol. The Balaban J connectivity index is 2.07. The van der Waals surface area contributed by atoms with Crippen molar-refractivity contribution in [1.82, 2.24) is 10.2 Å². The van der Waals surface area contributed by atoms with E-state index in [4.69, 9.17) is 5.73 Å².